The number of H-pyrrole nitrogens is 1. The standard InChI is InChI=1S/C26H24FN5O4S/c1-16-4-9-21(27)23(12-16)31-26(34)30-18-5-7-19(8-6-18)36-20-10-11-28-22(14-20)17-13-24(29-15-17)25(33)32-37(2,3)35/h4-15,29H,1-3H3,(H2,30,31,34). The highest BCUT2D eigenvalue weighted by Crippen LogP contribution is 2.27. The molecule has 0 aliphatic rings. The van der Waals surface area contributed by atoms with Crippen LogP contribution in [0.15, 0.2) is 77.4 Å². The Kier molecular flexibility index (Phi) is 7.35. The fourth-order valence-electron chi connectivity index (χ4n) is 3.31. The molecule has 4 aromatic rings. The van der Waals surface area contributed by atoms with Crippen LogP contribution in [0.3, 0.4) is 0 Å². The van der Waals surface area contributed by atoms with Gasteiger partial charge in [0.15, 0.2) is 0 Å². The van der Waals surface area contributed by atoms with Crippen LogP contribution in [0.5, 0.6) is 11.5 Å². The number of carbonyl (C=O) groups excluding carboxylic acids is 2. The molecule has 0 aliphatic carbocycles. The zero-order chi connectivity index (χ0) is 26.6. The van der Waals surface area contributed by atoms with Crippen molar-refractivity contribution in [1.82, 2.24) is 9.97 Å². The summed E-state index contributed by atoms with van der Waals surface area (Å²) in [6.07, 6.45) is 5.96. The molecule has 0 radical (unpaired) electrons. The molecule has 37 heavy (non-hydrogen) atoms. The second kappa shape index (κ2) is 10.6. The third-order valence-corrected chi connectivity index (χ3v) is 5.57. The molecule has 2 aromatic heterocycles. The van der Waals surface area contributed by atoms with Crippen molar-refractivity contribution in [3.8, 4) is 22.8 Å². The predicted octanol–water partition coefficient (Wildman–Crippen LogP) is 5.83. The smallest absolute Gasteiger partial charge is 0.323 e. The van der Waals surface area contributed by atoms with Crippen molar-refractivity contribution in [1.29, 1.82) is 0 Å². The van der Waals surface area contributed by atoms with Gasteiger partial charge in [-0.3, -0.25) is 9.78 Å². The summed E-state index contributed by atoms with van der Waals surface area (Å²) in [5.41, 5.74) is 2.80. The zero-order valence-corrected chi connectivity index (χ0v) is 21.1. The topological polar surface area (TPSA) is 126 Å². The fourth-order valence-corrected chi connectivity index (χ4v) is 3.81. The maximum Gasteiger partial charge on any atom is 0.323 e. The maximum atomic E-state index is 13.9. The lowest BCUT2D eigenvalue weighted by Gasteiger charge is -2.10. The van der Waals surface area contributed by atoms with Crippen molar-refractivity contribution in [2.24, 2.45) is 4.36 Å². The minimum Gasteiger partial charge on any atom is -0.457 e. The molecule has 9 nitrogen and oxygen atoms in total. The number of aromatic amines is 1. The Bertz CT molecular complexity index is 1580. The van der Waals surface area contributed by atoms with Crippen LogP contribution in [0.25, 0.3) is 11.3 Å². The van der Waals surface area contributed by atoms with E-state index in [2.05, 4.69) is 25.0 Å². The van der Waals surface area contributed by atoms with Gasteiger partial charge in [0.2, 0.25) is 0 Å². The number of anilines is 2. The van der Waals surface area contributed by atoms with E-state index in [0.717, 1.165) is 5.56 Å². The molecule has 0 fully saturated rings. The number of hydrogen-bond donors (Lipinski definition) is 3. The highest BCUT2D eigenvalue weighted by molar-refractivity contribution is 7.92. The summed E-state index contributed by atoms with van der Waals surface area (Å²) in [7, 11) is -2.57. The number of hydrogen-bond acceptors (Lipinski definition) is 5. The van der Waals surface area contributed by atoms with Gasteiger partial charge < -0.3 is 20.4 Å². The molecule has 190 valence electrons. The molecule has 0 aliphatic heterocycles. The molecule has 0 spiro atoms. The number of benzene rings is 2. The van der Waals surface area contributed by atoms with Crippen LogP contribution in [0.4, 0.5) is 20.6 Å². The third kappa shape index (κ3) is 7.01. The third-order valence-electron chi connectivity index (χ3n) is 4.96. The summed E-state index contributed by atoms with van der Waals surface area (Å²) in [6, 6.07) is 15.5. The number of aromatic nitrogens is 2. The first kappa shape index (κ1) is 25.6. The number of nitrogens with zero attached hydrogens (tertiary/aromatic N) is 2. The normalized spacial score (nSPS) is 11.0. The van der Waals surface area contributed by atoms with Gasteiger partial charge in [-0.1, -0.05) is 6.07 Å². The van der Waals surface area contributed by atoms with Crippen LogP contribution >= 0.6 is 0 Å². The first-order valence-electron chi connectivity index (χ1n) is 11.0. The van der Waals surface area contributed by atoms with E-state index in [-0.39, 0.29) is 11.4 Å². The van der Waals surface area contributed by atoms with Gasteiger partial charge in [-0.15, -0.1) is 0 Å². The van der Waals surface area contributed by atoms with E-state index in [1.54, 1.807) is 73.9 Å². The number of urea groups is 1. The zero-order valence-electron chi connectivity index (χ0n) is 20.2. The molecular weight excluding hydrogens is 497 g/mol. The molecule has 0 saturated heterocycles. The molecule has 0 bridgehead atoms. The first-order chi connectivity index (χ1) is 17.6. The molecule has 0 unspecified atom stereocenters. The molecule has 0 atom stereocenters. The van der Waals surface area contributed by atoms with Gasteiger partial charge in [0, 0.05) is 52.0 Å². The van der Waals surface area contributed by atoms with Gasteiger partial charge in [0.05, 0.1) is 11.4 Å². The molecule has 4 rings (SSSR count). The van der Waals surface area contributed by atoms with E-state index in [9.17, 15) is 18.2 Å². The van der Waals surface area contributed by atoms with Gasteiger partial charge >= 0.3 is 11.9 Å². The molecule has 3 N–H and O–H groups in total. The van der Waals surface area contributed by atoms with Gasteiger partial charge in [0.25, 0.3) is 0 Å². The van der Waals surface area contributed by atoms with Crippen molar-refractivity contribution in [3.05, 3.63) is 90.1 Å². The lowest BCUT2D eigenvalue weighted by molar-refractivity contribution is 0.100. The number of ether oxygens (including phenoxy) is 1. The van der Waals surface area contributed by atoms with Crippen LogP contribution in [0.2, 0.25) is 0 Å². The summed E-state index contributed by atoms with van der Waals surface area (Å²) >= 11 is 0. The number of nitrogens with one attached hydrogen (secondary N) is 3. The van der Waals surface area contributed by atoms with Crippen molar-refractivity contribution < 1.29 is 22.9 Å². The molecular formula is C26H24FN5O4S. The number of amides is 3. The minimum atomic E-state index is -2.57. The Morgan fingerprint density at radius 1 is 1.00 bits per heavy atom. The number of carbonyl (C=O) groups is 2. The first-order valence-corrected chi connectivity index (χ1v) is 13.4. The summed E-state index contributed by atoms with van der Waals surface area (Å²) in [5.74, 6) is -0.106. The van der Waals surface area contributed by atoms with Crippen LogP contribution in [0.1, 0.15) is 16.1 Å². The van der Waals surface area contributed by atoms with E-state index < -0.39 is 27.5 Å². The number of aryl methyl sites for hydroxylation is 1. The van der Waals surface area contributed by atoms with Crippen molar-refractivity contribution in [2.45, 2.75) is 6.92 Å². The Morgan fingerprint density at radius 3 is 2.49 bits per heavy atom. The highest BCUT2D eigenvalue weighted by Gasteiger charge is 2.12. The Morgan fingerprint density at radius 2 is 1.76 bits per heavy atom. The molecule has 3 amide bonds. The molecule has 2 aromatic carbocycles. The predicted molar refractivity (Wildman–Crippen MR) is 141 cm³/mol. The highest BCUT2D eigenvalue weighted by atomic mass is 32.2. The van der Waals surface area contributed by atoms with Gasteiger partial charge in [-0.2, -0.15) is 4.36 Å². The van der Waals surface area contributed by atoms with Gasteiger partial charge in [-0.25, -0.2) is 13.4 Å². The van der Waals surface area contributed by atoms with E-state index in [1.807, 2.05) is 0 Å². The average molecular weight is 522 g/mol. The number of halogens is 1. The monoisotopic (exact) mass is 521 g/mol. The maximum absolute atomic E-state index is 13.9. The summed E-state index contributed by atoms with van der Waals surface area (Å²) in [5, 5.41) is 5.13. The summed E-state index contributed by atoms with van der Waals surface area (Å²) < 4.78 is 35.2. The second-order valence-corrected chi connectivity index (χ2v) is 11.0. The number of pyridine rings is 1. The van der Waals surface area contributed by atoms with Crippen LogP contribution < -0.4 is 15.4 Å². The van der Waals surface area contributed by atoms with Crippen LogP contribution in [-0.4, -0.2) is 38.6 Å². The summed E-state index contributed by atoms with van der Waals surface area (Å²) in [4.78, 5) is 31.5. The van der Waals surface area contributed by atoms with E-state index in [1.165, 1.54) is 18.6 Å². The fraction of sp³-hybridized carbons (Fsp3) is 0.115. The van der Waals surface area contributed by atoms with Crippen LogP contribution in [-0.2, 0) is 9.73 Å². The van der Waals surface area contributed by atoms with Gasteiger partial charge in [-0.05, 0) is 61.0 Å². The lowest BCUT2D eigenvalue weighted by Crippen LogP contribution is -2.20. The van der Waals surface area contributed by atoms with E-state index >= 15 is 0 Å². The van der Waals surface area contributed by atoms with Crippen molar-refractivity contribution in [2.75, 3.05) is 23.1 Å². The molecule has 0 saturated carbocycles. The van der Waals surface area contributed by atoms with E-state index in [4.69, 9.17) is 4.74 Å². The van der Waals surface area contributed by atoms with Crippen molar-refractivity contribution >= 4 is 33.0 Å². The molecule has 2 heterocycles. The van der Waals surface area contributed by atoms with Crippen molar-refractivity contribution in [3.63, 3.8) is 0 Å². The average Bonchev–Trinajstić information content (AvgIpc) is 3.33. The SMILES string of the molecule is Cc1ccc(F)c(NC(=O)Nc2ccc(Oc3ccnc(-c4c[nH]c(C(=O)N=S(C)(C)=O)c4)c3)cc2)c1. The summed E-state index contributed by atoms with van der Waals surface area (Å²) in [6.45, 7) is 1.80. The van der Waals surface area contributed by atoms with Gasteiger partial charge in [0.1, 0.15) is 23.0 Å². The molecule has 11 heteroatoms. The largest absolute Gasteiger partial charge is 0.457 e. The lowest BCUT2D eigenvalue weighted by atomic mass is 10.2. The Hall–Kier alpha value is -4.51. The Labute approximate surface area is 213 Å². The van der Waals surface area contributed by atoms with Crippen LogP contribution in [0, 0.1) is 12.7 Å². The number of rotatable bonds is 6. The van der Waals surface area contributed by atoms with E-state index in [0.29, 0.717) is 28.4 Å². The quantitative estimate of drug-likeness (QED) is 0.294. The minimum absolute atomic E-state index is 0.0922. The second-order valence-electron chi connectivity index (χ2n) is 8.45. The Balaban J connectivity index is 1.40.